The maximum Gasteiger partial charge on any atom is 0.180 e. The summed E-state index contributed by atoms with van der Waals surface area (Å²) < 4.78 is 13.2. The third-order valence-electron chi connectivity index (χ3n) is 10.1. The van der Waals surface area contributed by atoms with Gasteiger partial charge in [0.15, 0.2) is 11.4 Å². The van der Waals surface area contributed by atoms with Gasteiger partial charge in [0, 0.05) is 32.8 Å². The van der Waals surface area contributed by atoms with Gasteiger partial charge >= 0.3 is 0 Å². The molecule has 4 heteroatoms. The average Bonchev–Trinajstić information content (AvgIpc) is 3.77. The highest BCUT2D eigenvalue weighted by atomic mass is 16.3. The lowest BCUT2D eigenvalue weighted by Crippen LogP contribution is -1.94. The predicted octanol–water partition coefficient (Wildman–Crippen LogP) is 12.7. The van der Waals surface area contributed by atoms with Crippen LogP contribution in [0, 0.1) is 0 Å². The first-order valence-corrected chi connectivity index (χ1v) is 16.8. The van der Waals surface area contributed by atoms with E-state index in [1.807, 2.05) is 42.5 Å². The summed E-state index contributed by atoms with van der Waals surface area (Å²) in [5, 5.41) is 8.26. The lowest BCUT2D eigenvalue weighted by Gasteiger charge is -2.10. The van der Waals surface area contributed by atoms with Crippen LogP contribution >= 0.6 is 0 Å². The van der Waals surface area contributed by atoms with Crippen LogP contribution in [0.5, 0.6) is 0 Å². The van der Waals surface area contributed by atoms with Crippen LogP contribution in [0.4, 0.5) is 0 Å². The molecular formula is C46H26N2O2. The molecule has 0 bridgehead atoms. The molecule has 0 saturated heterocycles. The fraction of sp³-hybridized carbons (Fsp3) is 0. The van der Waals surface area contributed by atoms with E-state index < -0.39 is 0 Å². The van der Waals surface area contributed by atoms with Crippen molar-refractivity contribution in [2.75, 3.05) is 0 Å². The lowest BCUT2D eigenvalue weighted by atomic mass is 9.92. The van der Waals surface area contributed by atoms with Gasteiger partial charge in [-0.2, -0.15) is 0 Å². The molecule has 4 nitrogen and oxygen atoms in total. The molecule has 0 atom stereocenters. The second kappa shape index (κ2) is 10.4. The maximum absolute atomic E-state index is 6.65. The first-order chi connectivity index (χ1) is 24.8. The molecule has 3 heterocycles. The minimum absolute atomic E-state index is 0.662. The van der Waals surface area contributed by atoms with Gasteiger partial charge in [-0.25, -0.2) is 9.97 Å². The standard InChI is InChI=1S/C46H26N2O2/c1-3-10-27(11-4-1)31-22-25-38-37(26-31)43-45(49-38)42(47-46(48-43)30-12-5-2-6-13-30)29-20-18-28(19-21-29)32-23-24-36-34-15-8-7-14-33(34)35-16-9-17-39-40(35)41(36)44(32)50-39/h1-26H. The number of hydrogen-bond donors (Lipinski definition) is 0. The van der Waals surface area contributed by atoms with Crippen molar-refractivity contribution in [3.8, 4) is 44.9 Å². The van der Waals surface area contributed by atoms with Gasteiger partial charge in [0.05, 0.1) is 0 Å². The third kappa shape index (κ3) is 3.93. The predicted molar refractivity (Wildman–Crippen MR) is 205 cm³/mol. The second-order valence-corrected chi connectivity index (χ2v) is 12.9. The van der Waals surface area contributed by atoms with Gasteiger partial charge in [-0.3, -0.25) is 0 Å². The zero-order valence-corrected chi connectivity index (χ0v) is 26.7. The summed E-state index contributed by atoms with van der Waals surface area (Å²) in [6, 6.07) is 54.8. The Morgan fingerprint density at radius 2 is 1.00 bits per heavy atom. The average molecular weight is 639 g/mol. The van der Waals surface area contributed by atoms with E-state index >= 15 is 0 Å². The summed E-state index contributed by atoms with van der Waals surface area (Å²) in [7, 11) is 0. The SMILES string of the molecule is c1ccc(-c2ccc3oc4c(-c5ccc(-c6ccc7c8ccccc8c8cccc9oc6c7c98)cc5)nc(-c5ccccc5)nc4c3c2)cc1. The molecule has 0 radical (unpaired) electrons. The van der Waals surface area contributed by atoms with Gasteiger partial charge in [0.1, 0.15) is 28.0 Å². The van der Waals surface area contributed by atoms with E-state index in [-0.39, 0.29) is 0 Å². The van der Waals surface area contributed by atoms with Crippen LogP contribution in [-0.2, 0) is 0 Å². The molecule has 0 unspecified atom stereocenters. The summed E-state index contributed by atoms with van der Waals surface area (Å²) in [5.41, 5.74) is 11.2. The molecule has 0 saturated carbocycles. The molecule has 0 spiro atoms. The molecule has 0 aliphatic rings. The van der Waals surface area contributed by atoms with Crippen LogP contribution in [0.1, 0.15) is 0 Å². The van der Waals surface area contributed by atoms with E-state index in [4.69, 9.17) is 18.8 Å². The van der Waals surface area contributed by atoms with Crippen molar-refractivity contribution < 1.29 is 8.83 Å². The zero-order valence-electron chi connectivity index (χ0n) is 26.7. The van der Waals surface area contributed by atoms with Gasteiger partial charge in [0.25, 0.3) is 0 Å². The topological polar surface area (TPSA) is 52.1 Å². The van der Waals surface area contributed by atoms with E-state index in [9.17, 15) is 0 Å². The maximum atomic E-state index is 6.65. The Morgan fingerprint density at radius 1 is 0.360 bits per heavy atom. The number of hydrogen-bond acceptors (Lipinski definition) is 4. The van der Waals surface area contributed by atoms with Crippen molar-refractivity contribution >= 4 is 65.6 Å². The van der Waals surface area contributed by atoms with Crippen LogP contribution in [0.3, 0.4) is 0 Å². The van der Waals surface area contributed by atoms with Crippen LogP contribution in [0.25, 0.3) is 110 Å². The number of rotatable bonds is 4. The number of aromatic nitrogens is 2. The van der Waals surface area contributed by atoms with E-state index in [1.165, 1.54) is 32.3 Å². The van der Waals surface area contributed by atoms with Crippen molar-refractivity contribution in [2.24, 2.45) is 0 Å². The van der Waals surface area contributed by atoms with Gasteiger partial charge < -0.3 is 8.83 Å². The molecule has 0 aliphatic heterocycles. The van der Waals surface area contributed by atoms with Gasteiger partial charge in [-0.05, 0) is 62.5 Å². The van der Waals surface area contributed by atoms with E-state index in [1.54, 1.807) is 0 Å². The van der Waals surface area contributed by atoms with Gasteiger partial charge in [-0.1, -0.05) is 133 Å². The van der Waals surface area contributed by atoms with Crippen LogP contribution in [0.15, 0.2) is 167 Å². The van der Waals surface area contributed by atoms with Gasteiger partial charge in [-0.15, -0.1) is 0 Å². The number of benzene rings is 8. The molecule has 8 aromatic carbocycles. The highest BCUT2D eigenvalue weighted by Crippen LogP contribution is 2.46. The Balaban J connectivity index is 1.10. The summed E-state index contributed by atoms with van der Waals surface area (Å²) in [5.74, 6) is 0.662. The fourth-order valence-electron chi connectivity index (χ4n) is 7.72. The Morgan fingerprint density at radius 3 is 1.78 bits per heavy atom. The Kier molecular flexibility index (Phi) is 5.63. The minimum atomic E-state index is 0.662. The summed E-state index contributed by atoms with van der Waals surface area (Å²) in [4.78, 5) is 10.2. The number of nitrogens with zero attached hydrogens (tertiary/aromatic N) is 2. The Labute approximate surface area is 286 Å². The largest absolute Gasteiger partial charge is 0.455 e. The molecule has 11 rings (SSSR count). The first kappa shape index (κ1) is 27.2. The second-order valence-electron chi connectivity index (χ2n) is 12.9. The molecule has 3 aromatic heterocycles. The first-order valence-electron chi connectivity index (χ1n) is 16.8. The van der Waals surface area contributed by atoms with Crippen molar-refractivity contribution in [1.82, 2.24) is 9.97 Å². The zero-order chi connectivity index (χ0) is 32.8. The fourth-order valence-corrected chi connectivity index (χ4v) is 7.72. The van der Waals surface area contributed by atoms with Crippen molar-refractivity contribution in [3.63, 3.8) is 0 Å². The molecule has 11 aromatic rings. The third-order valence-corrected chi connectivity index (χ3v) is 10.1. The van der Waals surface area contributed by atoms with Crippen molar-refractivity contribution in [2.45, 2.75) is 0 Å². The highest BCUT2D eigenvalue weighted by molar-refractivity contribution is 6.34. The molecule has 0 N–H and O–H groups in total. The molecule has 50 heavy (non-hydrogen) atoms. The van der Waals surface area contributed by atoms with Gasteiger partial charge in [0.2, 0.25) is 0 Å². The van der Waals surface area contributed by atoms with E-state index in [0.29, 0.717) is 11.4 Å². The summed E-state index contributed by atoms with van der Waals surface area (Å²) in [6.07, 6.45) is 0. The molecule has 0 fully saturated rings. The van der Waals surface area contributed by atoms with E-state index in [0.717, 1.165) is 66.7 Å². The Bertz CT molecular complexity index is 3070. The van der Waals surface area contributed by atoms with Crippen LogP contribution in [-0.4, -0.2) is 9.97 Å². The molecule has 232 valence electrons. The van der Waals surface area contributed by atoms with Crippen LogP contribution in [0.2, 0.25) is 0 Å². The Hall–Kier alpha value is -6.78. The minimum Gasteiger partial charge on any atom is -0.455 e. The lowest BCUT2D eigenvalue weighted by molar-refractivity contribution is 0.667. The van der Waals surface area contributed by atoms with Crippen molar-refractivity contribution in [1.29, 1.82) is 0 Å². The summed E-state index contributed by atoms with van der Waals surface area (Å²) >= 11 is 0. The highest BCUT2D eigenvalue weighted by Gasteiger charge is 2.22. The normalized spacial score (nSPS) is 12.0. The molecule has 0 aliphatic carbocycles. The quantitative estimate of drug-likeness (QED) is 0.180. The monoisotopic (exact) mass is 638 g/mol. The number of furan rings is 2. The smallest absolute Gasteiger partial charge is 0.180 e. The van der Waals surface area contributed by atoms with Crippen molar-refractivity contribution in [3.05, 3.63) is 158 Å². The van der Waals surface area contributed by atoms with Crippen LogP contribution < -0.4 is 0 Å². The molecular weight excluding hydrogens is 613 g/mol. The summed E-state index contributed by atoms with van der Waals surface area (Å²) in [6.45, 7) is 0. The number of fused-ring (bicyclic) bond motifs is 6. The molecule has 0 amide bonds. The van der Waals surface area contributed by atoms with E-state index in [2.05, 4.69) is 115 Å².